The van der Waals surface area contributed by atoms with E-state index in [0.717, 1.165) is 19.3 Å². The average molecular weight is 369 g/mol. The quantitative estimate of drug-likeness (QED) is 0.817. The number of nitriles is 1. The van der Waals surface area contributed by atoms with Gasteiger partial charge in [-0.15, -0.1) is 0 Å². The van der Waals surface area contributed by atoms with Crippen molar-refractivity contribution in [2.75, 3.05) is 0 Å². The van der Waals surface area contributed by atoms with Crippen LogP contribution in [0.25, 0.3) is 0 Å². The van der Waals surface area contributed by atoms with Crippen molar-refractivity contribution in [3.8, 4) is 6.07 Å². The third kappa shape index (κ3) is 4.40. The highest BCUT2D eigenvalue weighted by Gasteiger charge is 2.35. The van der Waals surface area contributed by atoms with Gasteiger partial charge in [0.1, 0.15) is 5.54 Å². The molecule has 1 N–H and O–H groups in total. The van der Waals surface area contributed by atoms with E-state index < -0.39 is 23.5 Å². The lowest BCUT2D eigenvalue weighted by Crippen LogP contribution is -2.52. The Bertz CT molecular complexity index is 679. The van der Waals surface area contributed by atoms with Crippen LogP contribution in [-0.4, -0.2) is 23.5 Å². The SMILES string of the molecule is C[C@@H](OC(=O)c1ccc(Cl)c(Cl)c1)C(=O)NC1(C#N)CCCCC1. The monoisotopic (exact) mass is 368 g/mol. The van der Waals surface area contributed by atoms with Gasteiger partial charge in [-0.2, -0.15) is 5.26 Å². The number of rotatable bonds is 4. The molecule has 2 rings (SSSR count). The first kappa shape index (κ1) is 18.6. The number of esters is 1. The summed E-state index contributed by atoms with van der Waals surface area (Å²) in [5.41, 5.74) is -0.656. The van der Waals surface area contributed by atoms with Gasteiger partial charge in [0.15, 0.2) is 6.10 Å². The lowest BCUT2D eigenvalue weighted by Gasteiger charge is -2.32. The molecule has 0 aromatic heterocycles. The Balaban J connectivity index is 1.99. The summed E-state index contributed by atoms with van der Waals surface area (Å²) in [6.45, 7) is 1.47. The molecule has 1 amide bonds. The summed E-state index contributed by atoms with van der Waals surface area (Å²) in [5.74, 6) is -1.15. The van der Waals surface area contributed by atoms with Crippen LogP contribution in [0.1, 0.15) is 49.4 Å². The summed E-state index contributed by atoms with van der Waals surface area (Å²) in [6.07, 6.45) is 3.06. The van der Waals surface area contributed by atoms with Crippen LogP contribution in [0.15, 0.2) is 18.2 Å². The lowest BCUT2D eigenvalue weighted by molar-refractivity contribution is -0.130. The van der Waals surface area contributed by atoms with Gasteiger partial charge in [0.05, 0.1) is 21.7 Å². The van der Waals surface area contributed by atoms with Crippen LogP contribution < -0.4 is 5.32 Å². The fourth-order valence-electron chi connectivity index (χ4n) is 2.66. The molecule has 1 aliphatic rings. The summed E-state index contributed by atoms with van der Waals surface area (Å²) >= 11 is 11.7. The molecule has 0 saturated heterocycles. The Hall–Kier alpha value is -1.77. The number of carbonyl (C=O) groups is 2. The number of ether oxygens (including phenoxy) is 1. The number of benzene rings is 1. The topological polar surface area (TPSA) is 79.2 Å². The average Bonchev–Trinajstić information content (AvgIpc) is 2.58. The maximum absolute atomic E-state index is 12.3. The Morgan fingerprint density at radius 3 is 2.50 bits per heavy atom. The highest BCUT2D eigenvalue weighted by atomic mass is 35.5. The molecule has 1 aromatic rings. The number of halogens is 2. The molecule has 1 atom stereocenters. The maximum atomic E-state index is 12.3. The first-order valence-corrected chi connectivity index (χ1v) is 8.52. The van der Waals surface area contributed by atoms with Crippen molar-refractivity contribution in [2.24, 2.45) is 0 Å². The molecule has 24 heavy (non-hydrogen) atoms. The minimum atomic E-state index is -1.01. The number of hydrogen-bond donors (Lipinski definition) is 1. The molecular weight excluding hydrogens is 351 g/mol. The van der Waals surface area contributed by atoms with E-state index in [4.69, 9.17) is 27.9 Å². The van der Waals surface area contributed by atoms with Crippen molar-refractivity contribution in [1.29, 1.82) is 5.26 Å². The molecule has 1 fully saturated rings. The van der Waals surface area contributed by atoms with Gasteiger partial charge in [0.25, 0.3) is 5.91 Å². The molecular formula is C17H18Cl2N2O3. The van der Waals surface area contributed by atoms with Gasteiger partial charge in [-0.1, -0.05) is 42.5 Å². The Labute approximate surface area is 150 Å². The van der Waals surface area contributed by atoms with E-state index in [2.05, 4.69) is 11.4 Å². The van der Waals surface area contributed by atoms with Crippen LogP contribution in [0.3, 0.4) is 0 Å². The molecule has 0 unspecified atom stereocenters. The van der Waals surface area contributed by atoms with E-state index in [1.807, 2.05) is 0 Å². The molecule has 0 radical (unpaired) electrons. The Morgan fingerprint density at radius 2 is 1.92 bits per heavy atom. The molecule has 128 valence electrons. The third-order valence-electron chi connectivity index (χ3n) is 4.09. The summed E-state index contributed by atoms with van der Waals surface area (Å²) in [6, 6.07) is 6.54. The second-order valence-electron chi connectivity index (χ2n) is 5.92. The molecule has 0 spiro atoms. The smallest absolute Gasteiger partial charge is 0.338 e. The fraction of sp³-hybridized carbons (Fsp3) is 0.471. The molecule has 1 aliphatic carbocycles. The van der Waals surface area contributed by atoms with Gasteiger partial charge in [-0.05, 0) is 38.0 Å². The second kappa shape index (κ2) is 7.87. The van der Waals surface area contributed by atoms with Crippen LogP contribution in [0.2, 0.25) is 10.0 Å². The minimum Gasteiger partial charge on any atom is -0.449 e. The molecule has 0 aliphatic heterocycles. The zero-order chi connectivity index (χ0) is 17.7. The van der Waals surface area contributed by atoms with Crippen molar-refractivity contribution in [1.82, 2.24) is 5.32 Å². The van der Waals surface area contributed by atoms with Crippen LogP contribution in [-0.2, 0) is 9.53 Å². The molecule has 1 saturated carbocycles. The number of amides is 1. The van der Waals surface area contributed by atoms with Gasteiger partial charge in [-0.3, -0.25) is 4.79 Å². The van der Waals surface area contributed by atoms with Gasteiger partial charge in [0.2, 0.25) is 0 Å². The number of nitrogens with zero attached hydrogens (tertiary/aromatic N) is 1. The van der Waals surface area contributed by atoms with E-state index in [1.54, 1.807) is 0 Å². The third-order valence-corrected chi connectivity index (χ3v) is 4.83. The predicted octanol–water partition coefficient (Wildman–Crippen LogP) is 3.88. The van der Waals surface area contributed by atoms with Gasteiger partial charge >= 0.3 is 5.97 Å². The molecule has 1 aromatic carbocycles. The lowest BCUT2D eigenvalue weighted by atomic mass is 9.83. The van der Waals surface area contributed by atoms with E-state index >= 15 is 0 Å². The number of nitrogens with one attached hydrogen (secondary N) is 1. The van der Waals surface area contributed by atoms with Crippen LogP contribution in [0.4, 0.5) is 0 Å². The van der Waals surface area contributed by atoms with Crippen molar-refractivity contribution in [2.45, 2.75) is 50.7 Å². The minimum absolute atomic E-state index is 0.205. The van der Waals surface area contributed by atoms with Gasteiger partial charge < -0.3 is 10.1 Å². The van der Waals surface area contributed by atoms with Crippen molar-refractivity contribution >= 4 is 35.1 Å². The van der Waals surface area contributed by atoms with Crippen LogP contribution in [0, 0.1) is 11.3 Å². The Morgan fingerprint density at radius 1 is 1.25 bits per heavy atom. The van der Waals surface area contributed by atoms with Crippen molar-refractivity contribution < 1.29 is 14.3 Å². The van der Waals surface area contributed by atoms with Crippen molar-refractivity contribution in [3.63, 3.8) is 0 Å². The van der Waals surface area contributed by atoms with Gasteiger partial charge in [-0.25, -0.2) is 4.79 Å². The zero-order valence-electron chi connectivity index (χ0n) is 13.3. The van der Waals surface area contributed by atoms with Gasteiger partial charge in [0, 0.05) is 0 Å². The first-order chi connectivity index (χ1) is 11.4. The zero-order valence-corrected chi connectivity index (χ0v) is 14.8. The highest BCUT2D eigenvalue weighted by Crippen LogP contribution is 2.28. The summed E-state index contributed by atoms with van der Waals surface area (Å²) < 4.78 is 5.16. The summed E-state index contributed by atoms with van der Waals surface area (Å²) in [5, 5.41) is 12.7. The van der Waals surface area contributed by atoms with E-state index in [-0.39, 0.29) is 10.6 Å². The van der Waals surface area contributed by atoms with Crippen molar-refractivity contribution in [3.05, 3.63) is 33.8 Å². The maximum Gasteiger partial charge on any atom is 0.338 e. The Kier molecular flexibility index (Phi) is 6.09. The van der Waals surface area contributed by atoms with Crippen LogP contribution >= 0.6 is 23.2 Å². The van der Waals surface area contributed by atoms with Crippen LogP contribution in [0.5, 0.6) is 0 Å². The first-order valence-electron chi connectivity index (χ1n) is 7.76. The fourth-order valence-corrected chi connectivity index (χ4v) is 2.96. The van der Waals surface area contributed by atoms with E-state index in [1.165, 1.54) is 25.1 Å². The summed E-state index contributed by atoms with van der Waals surface area (Å²) in [7, 11) is 0. The van der Waals surface area contributed by atoms with E-state index in [0.29, 0.717) is 17.9 Å². The molecule has 5 nitrogen and oxygen atoms in total. The second-order valence-corrected chi connectivity index (χ2v) is 6.73. The number of hydrogen-bond acceptors (Lipinski definition) is 4. The number of carbonyl (C=O) groups excluding carboxylic acids is 2. The normalized spacial score (nSPS) is 17.4. The molecule has 7 heteroatoms. The predicted molar refractivity (Wildman–Crippen MR) is 90.9 cm³/mol. The summed E-state index contributed by atoms with van der Waals surface area (Å²) in [4.78, 5) is 24.4. The van der Waals surface area contributed by atoms with E-state index in [9.17, 15) is 14.9 Å². The highest BCUT2D eigenvalue weighted by molar-refractivity contribution is 6.42. The largest absolute Gasteiger partial charge is 0.449 e. The standard InChI is InChI=1S/C17H18Cl2N2O3/c1-11(15(22)21-17(10-20)7-3-2-4-8-17)24-16(23)12-5-6-13(18)14(19)9-12/h5-6,9,11H,2-4,7-8H2,1H3,(H,21,22)/t11-/m1/s1. The molecule has 0 heterocycles. The molecule has 0 bridgehead atoms.